The minimum atomic E-state index is -0.822. The molecule has 3 aromatic carbocycles. The highest BCUT2D eigenvalue weighted by molar-refractivity contribution is 5.91. The van der Waals surface area contributed by atoms with Crippen molar-refractivity contribution in [1.82, 2.24) is 25.1 Å². The number of phenolic OH excluding ortho intramolecular Hbond substituents is 1. The molecule has 0 radical (unpaired) electrons. The van der Waals surface area contributed by atoms with Gasteiger partial charge in [0.25, 0.3) is 0 Å². The Balaban J connectivity index is 1.43. The quantitative estimate of drug-likeness (QED) is 0.288. The second-order valence-corrected chi connectivity index (χ2v) is 11.8. The van der Waals surface area contributed by atoms with Gasteiger partial charge in [-0.2, -0.15) is 0 Å². The highest BCUT2D eigenvalue weighted by Crippen LogP contribution is 2.30. The Labute approximate surface area is 264 Å². The van der Waals surface area contributed by atoms with Crippen LogP contribution in [0.5, 0.6) is 5.75 Å². The molecule has 2 saturated heterocycles. The summed E-state index contributed by atoms with van der Waals surface area (Å²) in [7, 11) is 0. The van der Waals surface area contributed by atoms with Gasteiger partial charge in [-0.3, -0.25) is 9.59 Å². The van der Waals surface area contributed by atoms with Crippen LogP contribution in [0.4, 0.5) is 9.18 Å². The molecule has 5 rings (SSSR count). The molecule has 0 aliphatic carbocycles. The van der Waals surface area contributed by atoms with Crippen LogP contribution in [-0.4, -0.2) is 81.2 Å². The van der Waals surface area contributed by atoms with Gasteiger partial charge in [0.05, 0.1) is 13.1 Å². The van der Waals surface area contributed by atoms with Crippen LogP contribution in [0.15, 0.2) is 78.9 Å². The molecule has 9 nitrogen and oxygen atoms in total. The van der Waals surface area contributed by atoms with E-state index >= 15 is 0 Å². The van der Waals surface area contributed by atoms with Crippen molar-refractivity contribution in [3.8, 4) is 5.75 Å². The van der Waals surface area contributed by atoms with Crippen LogP contribution in [0, 0.1) is 5.82 Å². The van der Waals surface area contributed by atoms with E-state index in [-0.39, 0.29) is 49.7 Å². The molecular weight excluding hydrogens is 573 g/mol. The van der Waals surface area contributed by atoms with Gasteiger partial charge in [0.15, 0.2) is 0 Å². The largest absolute Gasteiger partial charge is 0.508 e. The lowest BCUT2D eigenvalue weighted by atomic mass is 9.98. The average Bonchev–Trinajstić information content (AvgIpc) is 3.02. The molecule has 2 N–H and O–H groups in total. The van der Waals surface area contributed by atoms with Gasteiger partial charge >= 0.3 is 6.03 Å². The van der Waals surface area contributed by atoms with Crippen LogP contribution in [0.25, 0.3) is 0 Å². The summed E-state index contributed by atoms with van der Waals surface area (Å²) in [6.07, 6.45) is 3.75. The lowest BCUT2D eigenvalue weighted by molar-refractivity contribution is -0.191. The minimum absolute atomic E-state index is 0.114. The molecule has 0 unspecified atom stereocenters. The van der Waals surface area contributed by atoms with Crippen molar-refractivity contribution in [2.45, 2.75) is 64.2 Å². The van der Waals surface area contributed by atoms with E-state index in [1.54, 1.807) is 56.2 Å². The van der Waals surface area contributed by atoms with Gasteiger partial charge in [-0.05, 0) is 66.6 Å². The first-order chi connectivity index (χ1) is 21.8. The summed E-state index contributed by atoms with van der Waals surface area (Å²) in [5.74, 6) is -0.703. The number of fused-ring (bicyclic) bond motifs is 1. The lowest BCUT2D eigenvalue weighted by Crippen LogP contribution is -2.76. The fraction of sp³-hybridized carbons (Fsp3) is 0.400. The third kappa shape index (κ3) is 7.99. The average molecular weight is 616 g/mol. The van der Waals surface area contributed by atoms with E-state index in [4.69, 9.17) is 0 Å². The first kappa shape index (κ1) is 32.0. The summed E-state index contributed by atoms with van der Waals surface area (Å²) in [6, 6.07) is 21.8. The number of phenols is 1. The number of carbonyl (C=O) groups is 3. The molecule has 0 saturated carbocycles. The maximum atomic E-state index is 14.1. The van der Waals surface area contributed by atoms with E-state index in [0.717, 1.165) is 37.7 Å². The van der Waals surface area contributed by atoms with Crippen LogP contribution in [-0.2, 0) is 29.0 Å². The van der Waals surface area contributed by atoms with Crippen LogP contribution < -0.4 is 5.32 Å². The molecule has 10 heteroatoms. The fourth-order valence-corrected chi connectivity index (χ4v) is 6.16. The lowest BCUT2D eigenvalue weighted by Gasteiger charge is -2.55. The maximum Gasteiger partial charge on any atom is 0.333 e. The fourth-order valence-electron chi connectivity index (χ4n) is 6.16. The van der Waals surface area contributed by atoms with E-state index < -0.39 is 18.0 Å². The van der Waals surface area contributed by atoms with Gasteiger partial charge < -0.3 is 20.2 Å². The number of hydrogen-bond donors (Lipinski definition) is 2. The van der Waals surface area contributed by atoms with Gasteiger partial charge in [0.2, 0.25) is 11.8 Å². The molecule has 2 aliphatic heterocycles. The number of rotatable bonds is 12. The maximum absolute atomic E-state index is 14.1. The number of hydrogen-bond acceptors (Lipinski definition) is 5. The number of carbonyl (C=O) groups excluding carboxylic acids is 3. The number of urea groups is 1. The SMILES string of the molecule is CCCCNC(=O)N1[C@H]2CN(CCCCc3ccccc3)C(=O)[C@H](Cc3ccc(O)cc3)N2C(=O)CN1Cc1cccc(F)c1. The Morgan fingerprint density at radius 1 is 0.933 bits per heavy atom. The molecule has 45 heavy (non-hydrogen) atoms. The molecule has 0 spiro atoms. The zero-order valence-corrected chi connectivity index (χ0v) is 25.8. The second kappa shape index (κ2) is 15.0. The van der Waals surface area contributed by atoms with Crippen LogP contribution in [0.3, 0.4) is 0 Å². The number of aromatic hydroxyl groups is 1. The van der Waals surface area contributed by atoms with Crippen molar-refractivity contribution in [3.05, 3.63) is 101 Å². The Morgan fingerprint density at radius 3 is 2.42 bits per heavy atom. The molecule has 2 fully saturated rings. The van der Waals surface area contributed by atoms with Gasteiger partial charge in [-0.1, -0.05) is 67.9 Å². The number of hydrazine groups is 1. The molecular formula is C35H42FN5O4. The molecule has 0 bridgehead atoms. The molecule has 3 aromatic rings. The predicted molar refractivity (Wildman–Crippen MR) is 169 cm³/mol. The minimum Gasteiger partial charge on any atom is -0.508 e. The van der Waals surface area contributed by atoms with Crippen molar-refractivity contribution >= 4 is 17.8 Å². The van der Waals surface area contributed by atoms with E-state index in [1.165, 1.54) is 17.7 Å². The second-order valence-electron chi connectivity index (χ2n) is 11.8. The van der Waals surface area contributed by atoms with Crippen molar-refractivity contribution in [3.63, 3.8) is 0 Å². The molecule has 4 amide bonds. The Hall–Kier alpha value is -4.44. The zero-order valence-electron chi connectivity index (χ0n) is 25.8. The van der Waals surface area contributed by atoms with Crippen molar-refractivity contribution in [2.75, 3.05) is 26.2 Å². The third-order valence-electron chi connectivity index (χ3n) is 8.45. The molecule has 2 heterocycles. The first-order valence-corrected chi connectivity index (χ1v) is 15.8. The van der Waals surface area contributed by atoms with Crippen molar-refractivity contribution in [1.29, 1.82) is 0 Å². The number of unbranched alkanes of at least 4 members (excludes halogenated alkanes) is 2. The number of benzene rings is 3. The molecule has 2 atom stereocenters. The topological polar surface area (TPSA) is 96.4 Å². The first-order valence-electron chi connectivity index (χ1n) is 15.8. The monoisotopic (exact) mass is 615 g/mol. The summed E-state index contributed by atoms with van der Waals surface area (Å²) in [6.45, 7) is 3.20. The normalized spacial score (nSPS) is 18.7. The number of nitrogens with zero attached hydrogens (tertiary/aromatic N) is 4. The summed E-state index contributed by atoms with van der Waals surface area (Å²) in [4.78, 5) is 45.1. The third-order valence-corrected chi connectivity index (χ3v) is 8.45. The van der Waals surface area contributed by atoms with Gasteiger partial charge in [-0.25, -0.2) is 19.2 Å². The highest BCUT2D eigenvalue weighted by atomic mass is 19.1. The van der Waals surface area contributed by atoms with E-state index in [0.29, 0.717) is 18.7 Å². The Kier molecular flexibility index (Phi) is 10.7. The van der Waals surface area contributed by atoms with E-state index in [9.17, 15) is 23.9 Å². The van der Waals surface area contributed by atoms with Crippen LogP contribution >= 0.6 is 0 Å². The highest BCUT2D eigenvalue weighted by Gasteiger charge is 2.51. The summed E-state index contributed by atoms with van der Waals surface area (Å²) >= 11 is 0. The summed E-state index contributed by atoms with van der Waals surface area (Å²) < 4.78 is 14.1. The van der Waals surface area contributed by atoms with E-state index in [2.05, 4.69) is 17.4 Å². The number of aryl methyl sites for hydroxylation is 1. The number of amides is 4. The van der Waals surface area contributed by atoms with Crippen LogP contribution in [0.2, 0.25) is 0 Å². The molecule has 238 valence electrons. The van der Waals surface area contributed by atoms with Gasteiger partial charge in [0, 0.05) is 26.1 Å². The standard InChI is InChI=1S/C35H42FN5O4/c1-2-3-19-37-35(45)41-32-24-38(20-8-7-12-26-10-5-4-6-11-26)34(44)31(22-27-15-17-30(42)18-16-27)40(32)33(43)25-39(41)23-28-13-9-14-29(36)21-28/h4-6,9-11,13-18,21,31-32,42H,2-3,7-8,12,19-20,22-25H2,1H3,(H,37,45)/t31-,32-/m0/s1. The predicted octanol–water partition coefficient (Wildman–Crippen LogP) is 4.70. The number of piperazine rings is 1. The number of halogens is 1. The van der Waals surface area contributed by atoms with Crippen molar-refractivity contribution < 1.29 is 23.9 Å². The van der Waals surface area contributed by atoms with Gasteiger partial charge in [-0.15, -0.1) is 0 Å². The van der Waals surface area contributed by atoms with Crippen LogP contribution in [0.1, 0.15) is 49.3 Å². The zero-order chi connectivity index (χ0) is 31.8. The molecule has 0 aromatic heterocycles. The Morgan fingerprint density at radius 2 is 1.69 bits per heavy atom. The number of nitrogens with one attached hydrogen (secondary N) is 1. The van der Waals surface area contributed by atoms with E-state index in [1.807, 2.05) is 25.1 Å². The van der Waals surface area contributed by atoms with Gasteiger partial charge in [0.1, 0.15) is 23.8 Å². The molecule has 2 aliphatic rings. The smallest absolute Gasteiger partial charge is 0.333 e. The Bertz CT molecular complexity index is 1450. The summed E-state index contributed by atoms with van der Waals surface area (Å²) in [5.41, 5.74) is 2.66. The van der Waals surface area contributed by atoms with Crippen molar-refractivity contribution in [2.24, 2.45) is 0 Å². The summed E-state index contributed by atoms with van der Waals surface area (Å²) in [5, 5.41) is 16.1.